The van der Waals surface area contributed by atoms with Gasteiger partial charge in [0.25, 0.3) is 0 Å². The normalized spacial score (nSPS) is 32.3. The lowest BCUT2D eigenvalue weighted by Crippen LogP contribution is -2.40. The van der Waals surface area contributed by atoms with Crippen LogP contribution in [0.3, 0.4) is 0 Å². The summed E-state index contributed by atoms with van der Waals surface area (Å²) in [6.07, 6.45) is 6.56. The Balaban J connectivity index is 1.77. The number of rotatable bonds is 2. The third-order valence-electron chi connectivity index (χ3n) is 3.63. The van der Waals surface area contributed by atoms with Crippen LogP contribution < -0.4 is 5.32 Å². The van der Waals surface area contributed by atoms with Gasteiger partial charge in [-0.1, -0.05) is 6.42 Å². The second-order valence-electron chi connectivity index (χ2n) is 4.72. The van der Waals surface area contributed by atoms with Crippen molar-refractivity contribution in [3.63, 3.8) is 0 Å². The molecular formula is C13H22N2. The predicted molar refractivity (Wildman–Crippen MR) is 63.7 cm³/mol. The zero-order valence-electron chi connectivity index (χ0n) is 9.76. The molecule has 0 aromatic rings. The van der Waals surface area contributed by atoms with Crippen LogP contribution in [0.4, 0.5) is 0 Å². The van der Waals surface area contributed by atoms with Crippen molar-refractivity contribution in [3.05, 3.63) is 0 Å². The van der Waals surface area contributed by atoms with E-state index in [1.165, 1.54) is 45.3 Å². The fourth-order valence-electron chi connectivity index (χ4n) is 2.74. The number of nitrogens with zero attached hydrogens (tertiary/aromatic N) is 1. The van der Waals surface area contributed by atoms with E-state index in [0.717, 1.165) is 12.5 Å². The number of hydrogen-bond acceptors (Lipinski definition) is 2. The van der Waals surface area contributed by atoms with Crippen LogP contribution in [0.15, 0.2) is 0 Å². The first-order valence-corrected chi connectivity index (χ1v) is 6.27. The molecule has 0 spiro atoms. The molecule has 0 aromatic carbocycles. The van der Waals surface area contributed by atoms with Crippen LogP contribution in [0.5, 0.6) is 0 Å². The molecule has 2 aliphatic heterocycles. The molecule has 2 aliphatic rings. The molecule has 0 saturated carbocycles. The third kappa shape index (κ3) is 2.96. The summed E-state index contributed by atoms with van der Waals surface area (Å²) in [7, 11) is 0. The lowest BCUT2D eigenvalue weighted by atomic mass is 10.0. The molecule has 2 heterocycles. The highest BCUT2D eigenvalue weighted by Crippen LogP contribution is 2.19. The van der Waals surface area contributed by atoms with Crippen molar-refractivity contribution in [2.75, 3.05) is 19.6 Å². The van der Waals surface area contributed by atoms with Crippen molar-refractivity contribution < 1.29 is 0 Å². The Morgan fingerprint density at radius 1 is 1.27 bits per heavy atom. The first-order chi connectivity index (χ1) is 7.40. The average molecular weight is 206 g/mol. The molecule has 0 bridgehead atoms. The van der Waals surface area contributed by atoms with Crippen LogP contribution in [-0.2, 0) is 0 Å². The van der Waals surface area contributed by atoms with Gasteiger partial charge in [-0.2, -0.15) is 0 Å². The van der Waals surface area contributed by atoms with Crippen LogP contribution in [-0.4, -0.2) is 36.6 Å². The average Bonchev–Trinajstić information content (AvgIpc) is 2.76. The maximum atomic E-state index is 3.59. The van der Waals surface area contributed by atoms with E-state index in [9.17, 15) is 0 Å². The van der Waals surface area contributed by atoms with Crippen LogP contribution in [0, 0.1) is 11.8 Å². The Hall–Kier alpha value is -0.520. The molecule has 15 heavy (non-hydrogen) atoms. The molecule has 2 atom stereocenters. The summed E-state index contributed by atoms with van der Waals surface area (Å²) in [5.41, 5.74) is 0. The van der Waals surface area contributed by atoms with Gasteiger partial charge in [0, 0.05) is 25.0 Å². The maximum Gasteiger partial charge on any atom is 0.0243 e. The molecular weight excluding hydrogens is 184 g/mol. The Labute approximate surface area is 93.4 Å². The summed E-state index contributed by atoms with van der Waals surface area (Å²) in [6, 6.07) is 1.43. The van der Waals surface area contributed by atoms with Gasteiger partial charge in [-0.3, -0.25) is 4.90 Å². The van der Waals surface area contributed by atoms with E-state index in [2.05, 4.69) is 22.1 Å². The summed E-state index contributed by atoms with van der Waals surface area (Å²) >= 11 is 0. The molecule has 0 radical (unpaired) electrons. The highest BCUT2D eigenvalue weighted by Gasteiger charge is 2.28. The van der Waals surface area contributed by atoms with Crippen molar-refractivity contribution in [1.82, 2.24) is 10.2 Å². The summed E-state index contributed by atoms with van der Waals surface area (Å²) < 4.78 is 0. The summed E-state index contributed by atoms with van der Waals surface area (Å²) in [5, 5.41) is 3.59. The van der Waals surface area contributed by atoms with Crippen molar-refractivity contribution in [3.8, 4) is 11.8 Å². The minimum absolute atomic E-state index is 0.643. The highest BCUT2D eigenvalue weighted by atomic mass is 15.2. The van der Waals surface area contributed by atoms with Crippen LogP contribution >= 0.6 is 0 Å². The maximum absolute atomic E-state index is 3.59. The largest absolute Gasteiger partial charge is 0.311 e. The third-order valence-corrected chi connectivity index (χ3v) is 3.63. The molecule has 2 nitrogen and oxygen atoms in total. The van der Waals surface area contributed by atoms with E-state index in [0.29, 0.717) is 6.04 Å². The van der Waals surface area contributed by atoms with Crippen LogP contribution in [0.2, 0.25) is 0 Å². The fourth-order valence-corrected chi connectivity index (χ4v) is 2.74. The second-order valence-corrected chi connectivity index (χ2v) is 4.72. The second kappa shape index (κ2) is 5.53. The summed E-state index contributed by atoms with van der Waals surface area (Å²) in [4.78, 5) is 2.68. The Morgan fingerprint density at radius 2 is 2.07 bits per heavy atom. The zero-order chi connectivity index (χ0) is 10.5. The van der Waals surface area contributed by atoms with Gasteiger partial charge in [0.05, 0.1) is 0 Å². The van der Waals surface area contributed by atoms with E-state index < -0.39 is 0 Å². The molecule has 0 aliphatic carbocycles. The molecule has 0 aromatic heterocycles. The van der Waals surface area contributed by atoms with Gasteiger partial charge in [-0.05, 0) is 39.3 Å². The first kappa shape index (κ1) is 11.0. The van der Waals surface area contributed by atoms with Gasteiger partial charge in [0.1, 0.15) is 0 Å². The van der Waals surface area contributed by atoms with E-state index in [1.54, 1.807) is 0 Å². The highest BCUT2D eigenvalue weighted by molar-refractivity contribution is 5.01. The van der Waals surface area contributed by atoms with Crippen LogP contribution in [0.25, 0.3) is 0 Å². The smallest absolute Gasteiger partial charge is 0.0243 e. The number of nitrogens with one attached hydrogen (secondary N) is 1. The van der Waals surface area contributed by atoms with Gasteiger partial charge in [0.15, 0.2) is 0 Å². The van der Waals surface area contributed by atoms with Crippen LogP contribution in [0.1, 0.15) is 39.0 Å². The van der Waals surface area contributed by atoms with E-state index in [-0.39, 0.29) is 0 Å². The molecule has 84 valence electrons. The van der Waals surface area contributed by atoms with E-state index in [4.69, 9.17) is 0 Å². The van der Waals surface area contributed by atoms with Crippen molar-refractivity contribution in [2.45, 2.75) is 51.1 Å². The molecule has 2 saturated heterocycles. The minimum Gasteiger partial charge on any atom is -0.311 e. The topological polar surface area (TPSA) is 15.3 Å². The number of hydrogen-bond donors (Lipinski definition) is 1. The predicted octanol–water partition coefficient (Wildman–Crippen LogP) is 1.62. The van der Waals surface area contributed by atoms with Gasteiger partial charge in [-0.15, -0.1) is 11.8 Å². The summed E-state index contributed by atoms with van der Waals surface area (Å²) in [6.45, 7) is 5.74. The molecule has 2 fully saturated rings. The Bertz CT molecular complexity index is 245. The monoisotopic (exact) mass is 206 g/mol. The van der Waals surface area contributed by atoms with Gasteiger partial charge >= 0.3 is 0 Å². The number of piperidine rings is 1. The molecule has 2 heteroatoms. The van der Waals surface area contributed by atoms with E-state index >= 15 is 0 Å². The van der Waals surface area contributed by atoms with E-state index in [1.807, 2.05) is 6.92 Å². The number of likely N-dealkylation sites (tertiary alicyclic amines) is 1. The Morgan fingerprint density at radius 3 is 2.80 bits per heavy atom. The summed E-state index contributed by atoms with van der Waals surface area (Å²) in [5.74, 6) is 6.17. The standard InChI is InChI=1S/C13H22N2/c1-2-3-7-12-10-13(11-14-12)15-8-5-4-6-9-15/h12-14H,4-11H2,1H3/t12-,13-/m1/s1. The first-order valence-electron chi connectivity index (χ1n) is 6.27. The van der Waals surface area contributed by atoms with Gasteiger partial charge < -0.3 is 5.32 Å². The van der Waals surface area contributed by atoms with Gasteiger partial charge in [0.2, 0.25) is 0 Å². The van der Waals surface area contributed by atoms with Crippen molar-refractivity contribution in [1.29, 1.82) is 0 Å². The fraction of sp³-hybridized carbons (Fsp3) is 0.846. The lowest BCUT2D eigenvalue weighted by Gasteiger charge is -2.31. The van der Waals surface area contributed by atoms with Crippen molar-refractivity contribution in [2.24, 2.45) is 0 Å². The molecule has 0 unspecified atom stereocenters. The lowest BCUT2D eigenvalue weighted by molar-refractivity contribution is 0.172. The molecule has 1 N–H and O–H groups in total. The quantitative estimate of drug-likeness (QED) is 0.691. The zero-order valence-corrected chi connectivity index (χ0v) is 9.76. The molecule has 2 rings (SSSR count). The minimum atomic E-state index is 0.643. The van der Waals surface area contributed by atoms with Gasteiger partial charge in [-0.25, -0.2) is 0 Å². The SMILES string of the molecule is CC#CC[C@@H]1C[C@@H](N2CCCCC2)CN1. The Kier molecular flexibility index (Phi) is 4.05. The van der Waals surface area contributed by atoms with Crippen molar-refractivity contribution >= 4 is 0 Å². The molecule has 0 amide bonds.